The lowest BCUT2D eigenvalue weighted by atomic mass is 9.90. The fourth-order valence-electron chi connectivity index (χ4n) is 3.58. The molecule has 0 aliphatic rings. The highest BCUT2D eigenvalue weighted by atomic mass is 14.1. The number of hydrogen-bond donors (Lipinski definition) is 1. The average molecular weight is 269 g/mol. The van der Waals surface area contributed by atoms with Crippen molar-refractivity contribution in [1.29, 1.82) is 0 Å². The zero-order valence-corrected chi connectivity index (χ0v) is 11.6. The molecule has 0 atom stereocenters. The Kier molecular flexibility index (Phi) is 2.41. The quantitative estimate of drug-likeness (QED) is 0.276. The Morgan fingerprint density at radius 2 is 0.667 bits per heavy atom. The molecule has 0 aliphatic carbocycles. The van der Waals surface area contributed by atoms with Gasteiger partial charge < -0.3 is 6.15 Å². The molecular weight excluding hydrogens is 254 g/mol. The third-order valence-corrected chi connectivity index (χ3v) is 4.39. The molecule has 0 bridgehead atoms. The lowest BCUT2D eigenvalue weighted by Gasteiger charge is -2.13. The molecule has 0 amide bonds. The summed E-state index contributed by atoms with van der Waals surface area (Å²) < 4.78 is 0. The summed E-state index contributed by atoms with van der Waals surface area (Å²) in [6.07, 6.45) is 0. The first-order valence-electron chi connectivity index (χ1n) is 6.98. The molecule has 3 N–H and O–H groups in total. The Morgan fingerprint density at radius 1 is 0.381 bits per heavy atom. The molecule has 0 aromatic heterocycles. The molecule has 1 nitrogen and oxygen atoms in total. The van der Waals surface area contributed by atoms with Gasteiger partial charge in [0.2, 0.25) is 0 Å². The van der Waals surface area contributed by atoms with Crippen molar-refractivity contribution in [3.8, 4) is 0 Å². The van der Waals surface area contributed by atoms with Crippen LogP contribution in [0.15, 0.2) is 72.8 Å². The van der Waals surface area contributed by atoms with Crippen LogP contribution >= 0.6 is 0 Å². The van der Waals surface area contributed by atoms with E-state index in [0.717, 1.165) is 0 Å². The van der Waals surface area contributed by atoms with Crippen LogP contribution in [0.2, 0.25) is 0 Å². The minimum absolute atomic E-state index is 0. The van der Waals surface area contributed by atoms with Crippen molar-refractivity contribution < 1.29 is 0 Å². The second kappa shape index (κ2) is 4.18. The lowest BCUT2D eigenvalue weighted by molar-refractivity contribution is 1.78. The van der Waals surface area contributed by atoms with Crippen LogP contribution in [0.4, 0.5) is 0 Å². The summed E-state index contributed by atoms with van der Waals surface area (Å²) in [6, 6.07) is 26.4. The minimum atomic E-state index is 0. The van der Waals surface area contributed by atoms with Gasteiger partial charge in [0.15, 0.2) is 0 Å². The Balaban J connectivity index is 0.00000115. The average Bonchev–Trinajstić information content (AvgIpc) is 2.52. The van der Waals surface area contributed by atoms with Gasteiger partial charge in [-0.05, 0) is 43.1 Å². The van der Waals surface area contributed by atoms with E-state index in [2.05, 4.69) is 72.8 Å². The fourth-order valence-corrected chi connectivity index (χ4v) is 3.58. The molecule has 0 heterocycles. The summed E-state index contributed by atoms with van der Waals surface area (Å²) in [4.78, 5) is 0. The summed E-state index contributed by atoms with van der Waals surface area (Å²) in [7, 11) is 0. The van der Waals surface area contributed by atoms with E-state index in [1.807, 2.05) is 0 Å². The Labute approximate surface area is 122 Å². The standard InChI is InChI=1S/C20H12.H3N/c1-5-13-6-2-11-17-18-12-4-8-14-7-3-10-16(20(14)18)15(9-1)19(13)17;/h1-12H;1H3. The van der Waals surface area contributed by atoms with Gasteiger partial charge in [0.05, 0.1) is 0 Å². The molecule has 0 saturated heterocycles. The summed E-state index contributed by atoms with van der Waals surface area (Å²) in [5, 5.41) is 10.9. The monoisotopic (exact) mass is 269 g/mol. The topological polar surface area (TPSA) is 35.0 Å². The minimum Gasteiger partial charge on any atom is -0.344 e. The SMILES string of the molecule is N.c1cc2cccc3c4cccc5cccc(c(c1)c23)c54. The van der Waals surface area contributed by atoms with Crippen LogP contribution in [-0.4, -0.2) is 0 Å². The first-order chi connectivity index (χ1) is 9.93. The third-order valence-electron chi connectivity index (χ3n) is 4.39. The van der Waals surface area contributed by atoms with Gasteiger partial charge in [0.25, 0.3) is 0 Å². The van der Waals surface area contributed by atoms with Crippen LogP contribution in [-0.2, 0) is 0 Å². The number of rotatable bonds is 0. The lowest BCUT2D eigenvalue weighted by Crippen LogP contribution is -1.85. The summed E-state index contributed by atoms with van der Waals surface area (Å²) >= 11 is 0. The van der Waals surface area contributed by atoms with Gasteiger partial charge in [0, 0.05) is 0 Å². The van der Waals surface area contributed by atoms with Crippen LogP contribution in [0.3, 0.4) is 0 Å². The van der Waals surface area contributed by atoms with Gasteiger partial charge in [-0.3, -0.25) is 0 Å². The summed E-state index contributed by atoms with van der Waals surface area (Å²) in [5.74, 6) is 0. The number of hydrogen-bond acceptors (Lipinski definition) is 1. The van der Waals surface area contributed by atoms with E-state index in [9.17, 15) is 0 Å². The molecule has 0 saturated carbocycles. The highest BCUT2D eigenvalue weighted by Crippen LogP contribution is 2.39. The fraction of sp³-hybridized carbons (Fsp3) is 0. The molecule has 0 aliphatic heterocycles. The van der Waals surface area contributed by atoms with Gasteiger partial charge >= 0.3 is 0 Å². The maximum Gasteiger partial charge on any atom is -0.00264 e. The van der Waals surface area contributed by atoms with Crippen molar-refractivity contribution in [3.63, 3.8) is 0 Å². The van der Waals surface area contributed by atoms with Crippen LogP contribution in [0.25, 0.3) is 43.1 Å². The highest BCUT2D eigenvalue weighted by Gasteiger charge is 2.11. The van der Waals surface area contributed by atoms with E-state index in [4.69, 9.17) is 0 Å². The Bertz CT molecular complexity index is 923. The summed E-state index contributed by atoms with van der Waals surface area (Å²) in [6.45, 7) is 0. The van der Waals surface area contributed by atoms with Gasteiger partial charge in [-0.15, -0.1) is 0 Å². The van der Waals surface area contributed by atoms with Crippen molar-refractivity contribution in [3.05, 3.63) is 72.8 Å². The van der Waals surface area contributed by atoms with Crippen molar-refractivity contribution in [2.45, 2.75) is 0 Å². The molecule has 5 aromatic rings. The highest BCUT2D eigenvalue weighted by molar-refractivity contribution is 6.32. The Morgan fingerprint density at radius 3 is 0.952 bits per heavy atom. The number of fused-ring (bicyclic) bond motifs is 2. The molecule has 0 fully saturated rings. The molecule has 0 radical (unpaired) electrons. The van der Waals surface area contributed by atoms with Crippen molar-refractivity contribution in [1.82, 2.24) is 6.15 Å². The molecule has 100 valence electrons. The van der Waals surface area contributed by atoms with Crippen molar-refractivity contribution in [2.24, 2.45) is 0 Å². The van der Waals surface area contributed by atoms with Crippen LogP contribution in [0, 0.1) is 0 Å². The second-order valence-electron chi connectivity index (χ2n) is 5.42. The van der Waals surface area contributed by atoms with Gasteiger partial charge in [0.1, 0.15) is 0 Å². The van der Waals surface area contributed by atoms with Gasteiger partial charge in [-0.25, -0.2) is 0 Å². The van der Waals surface area contributed by atoms with E-state index >= 15 is 0 Å². The molecule has 5 aromatic carbocycles. The maximum absolute atomic E-state index is 2.25. The van der Waals surface area contributed by atoms with Crippen LogP contribution in [0.5, 0.6) is 0 Å². The molecule has 0 spiro atoms. The molecule has 5 rings (SSSR count). The van der Waals surface area contributed by atoms with Crippen molar-refractivity contribution in [2.75, 3.05) is 0 Å². The predicted octanol–water partition coefficient (Wildman–Crippen LogP) is 5.90. The van der Waals surface area contributed by atoms with E-state index in [0.29, 0.717) is 0 Å². The maximum atomic E-state index is 2.25. The normalized spacial score (nSPS) is 11.4. The Hall–Kier alpha value is -2.64. The molecule has 0 unspecified atom stereocenters. The molecule has 1 heteroatoms. The zero-order chi connectivity index (χ0) is 13.1. The summed E-state index contributed by atoms with van der Waals surface area (Å²) in [5.41, 5.74) is 0. The smallest absolute Gasteiger partial charge is 0.00264 e. The first kappa shape index (κ1) is 12.1. The second-order valence-corrected chi connectivity index (χ2v) is 5.42. The zero-order valence-electron chi connectivity index (χ0n) is 11.6. The largest absolute Gasteiger partial charge is 0.344 e. The van der Waals surface area contributed by atoms with Gasteiger partial charge in [-0.2, -0.15) is 0 Å². The third kappa shape index (κ3) is 1.44. The van der Waals surface area contributed by atoms with E-state index in [1.54, 1.807) is 0 Å². The number of benzene rings is 5. The van der Waals surface area contributed by atoms with Crippen LogP contribution < -0.4 is 6.15 Å². The molecular formula is C20H15N. The first-order valence-corrected chi connectivity index (χ1v) is 6.98. The van der Waals surface area contributed by atoms with Crippen molar-refractivity contribution >= 4 is 43.1 Å². The van der Waals surface area contributed by atoms with Gasteiger partial charge in [-0.1, -0.05) is 72.8 Å². The van der Waals surface area contributed by atoms with Crippen LogP contribution in [0.1, 0.15) is 0 Å². The van der Waals surface area contributed by atoms with E-state index in [-0.39, 0.29) is 6.15 Å². The van der Waals surface area contributed by atoms with E-state index in [1.165, 1.54) is 43.1 Å². The molecule has 21 heavy (non-hydrogen) atoms. The van der Waals surface area contributed by atoms with E-state index < -0.39 is 0 Å². The predicted molar refractivity (Wildman–Crippen MR) is 92.7 cm³/mol.